The molecule has 0 unspecified atom stereocenters. The van der Waals surface area contributed by atoms with Gasteiger partial charge in [0.15, 0.2) is 0 Å². The van der Waals surface area contributed by atoms with Gasteiger partial charge >= 0.3 is 0 Å². The number of rotatable bonds is 5. The van der Waals surface area contributed by atoms with Crippen LogP contribution in [0.5, 0.6) is 0 Å². The van der Waals surface area contributed by atoms with Crippen LogP contribution in [0.1, 0.15) is 25.0 Å². The molecule has 0 aliphatic carbocycles. The molecule has 3 rings (SSSR count). The Hall–Kier alpha value is -1.66. The maximum atomic E-state index is 9.49. The summed E-state index contributed by atoms with van der Waals surface area (Å²) in [7, 11) is 0. The molecule has 2 heterocycles. The molecule has 2 N–H and O–H groups in total. The van der Waals surface area contributed by atoms with Crippen molar-refractivity contribution in [2.45, 2.75) is 32.9 Å². The fourth-order valence-electron chi connectivity index (χ4n) is 2.93. The molecule has 24 heavy (non-hydrogen) atoms. The van der Waals surface area contributed by atoms with Gasteiger partial charge < -0.3 is 15.3 Å². The minimum atomic E-state index is -0.00724. The molecule has 0 radical (unpaired) electrons. The highest BCUT2D eigenvalue weighted by atomic mass is 79.9. The van der Waals surface area contributed by atoms with Crippen molar-refractivity contribution in [3.05, 3.63) is 46.2 Å². The number of aliphatic hydroxyl groups excluding tert-OH is 1. The summed E-state index contributed by atoms with van der Waals surface area (Å²) in [5.41, 5.74) is 2.74. The molecule has 5 nitrogen and oxygen atoms in total. The van der Waals surface area contributed by atoms with E-state index in [0.29, 0.717) is 5.92 Å². The van der Waals surface area contributed by atoms with E-state index in [9.17, 15) is 5.11 Å². The van der Waals surface area contributed by atoms with Crippen LogP contribution in [0, 0.1) is 5.92 Å². The Morgan fingerprint density at radius 2 is 2.08 bits per heavy atom. The van der Waals surface area contributed by atoms with Gasteiger partial charge in [-0.15, -0.1) is 0 Å². The maximum Gasteiger partial charge on any atom is 0.134 e. The molecule has 0 amide bonds. The summed E-state index contributed by atoms with van der Waals surface area (Å²) in [6, 6.07) is 8.42. The summed E-state index contributed by atoms with van der Waals surface area (Å²) >= 11 is 3.54. The van der Waals surface area contributed by atoms with Gasteiger partial charge in [0.2, 0.25) is 0 Å². The molecule has 0 bridgehead atoms. The summed E-state index contributed by atoms with van der Waals surface area (Å²) in [5, 5.41) is 12.8. The highest BCUT2D eigenvalue weighted by Gasteiger charge is 2.19. The van der Waals surface area contributed by atoms with Crippen molar-refractivity contribution in [2.75, 3.05) is 23.4 Å². The zero-order valence-corrected chi connectivity index (χ0v) is 15.6. The second kappa shape index (κ2) is 7.49. The van der Waals surface area contributed by atoms with Crippen LogP contribution >= 0.6 is 15.9 Å². The Bertz CT molecular complexity index is 707. The molecular weight excluding hydrogens is 368 g/mol. The number of anilines is 2. The van der Waals surface area contributed by atoms with Crippen LogP contribution in [-0.4, -0.2) is 34.3 Å². The van der Waals surface area contributed by atoms with Gasteiger partial charge in [-0.05, 0) is 35.6 Å². The van der Waals surface area contributed by atoms with E-state index >= 15 is 0 Å². The van der Waals surface area contributed by atoms with Crippen LogP contribution in [0.25, 0.3) is 0 Å². The molecule has 1 aliphatic rings. The molecule has 0 saturated carbocycles. The predicted octanol–water partition coefficient (Wildman–Crippen LogP) is 3.23. The number of hydrogen-bond donors (Lipinski definition) is 2. The SMILES string of the molecule is CC(C)[C@H](CO)Nc1cc(N2CCc3cc(Br)ccc3C2)ncn1. The van der Waals surface area contributed by atoms with E-state index in [0.717, 1.165) is 35.6 Å². The van der Waals surface area contributed by atoms with E-state index in [2.05, 4.69) is 68.2 Å². The van der Waals surface area contributed by atoms with Gasteiger partial charge in [0.1, 0.15) is 18.0 Å². The molecule has 1 atom stereocenters. The van der Waals surface area contributed by atoms with E-state index in [-0.39, 0.29) is 12.6 Å². The van der Waals surface area contributed by atoms with Crippen molar-refractivity contribution in [2.24, 2.45) is 5.92 Å². The Balaban J connectivity index is 1.76. The van der Waals surface area contributed by atoms with E-state index in [4.69, 9.17) is 0 Å². The van der Waals surface area contributed by atoms with Crippen LogP contribution in [0.2, 0.25) is 0 Å². The van der Waals surface area contributed by atoms with Gasteiger partial charge in [-0.25, -0.2) is 9.97 Å². The predicted molar refractivity (Wildman–Crippen MR) is 100 cm³/mol. The molecule has 1 aromatic carbocycles. The molecule has 6 heteroatoms. The van der Waals surface area contributed by atoms with Crippen LogP contribution in [0.3, 0.4) is 0 Å². The number of aromatic nitrogens is 2. The fraction of sp³-hybridized carbons (Fsp3) is 0.444. The maximum absolute atomic E-state index is 9.49. The monoisotopic (exact) mass is 390 g/mol. The van der Waals surface area contributed by atoms with E-state index in [1.165, 1.54) is 11.1 Å². The number of hydrogen-bond acceptors (Lipinski definition) is 5. The largest absolute Gasteiger partial charge is 0.394 e. The number of benzene rings is 1. The van der Waals surface area contributed by atoms with Crippen LogP contribution in [-0.2, 0) is 13.0 Å². The third kappa shape index (κ3) is 3.87. The molecule has 0 spiro atoms. The van der Waals surface area contributed by atoms with Crippen molar-refractivity contribution in [3.8, 4) is 0 Å². The van der Waals surface area contributed by atoms with Gasteiger partial charge in [0.05, 0.1) is 12.6 Å². The van der Waals surface area contributed by atoms with E-state index in [1.807, 2.05) is 6.07 Å². The number of aliphatic hydroxyl groups is 1. The summed E-state index contributed by atoms with van der Waals surface area (Å²) in [6.07, 6.45) is 2.59. The number of fused-ring (bicyclic) bond motifs is 1. The highest BCUT2D eigenvalue weighted by Crippen LogP contribution is 2.26. The lowest BCUT2D eigenvalue weighted by Crippen LogP contribution is -2.32. The topological polar surface area (TPSA) is 61.3 Å². The Labute approximate surface area is 151 Å². The molecule has 2 aromatic rings. The first kappa shape index (κ1) is 17.2. The zero-order valence-electron chi connectivity index (χ0n) is 14.0. The van der Waals surface area contributed by atoms with Gasteiger partial charge in [-0.3, -0.25) is 0 Å². The third-order valence-electron chi connectivity index (χ3n) is 4.49. The Kier molecular flexibility index (Phi) is 5.36. The lowest BCUT2D eigenvalue weighted by atomic mass is 10.00. The first-order valence-electron chi connectivity index (χ1n) is 8.28. The number of halogens is 1. The Morgan fingerprint density at radius 3 is 2.83 bits per heavy atom. The standard InChI is InChI=1S/C18H23BrN4O/c1-12(2)16(10-24)22-17-8-18(21-11-20-17)23-6-5-13-7-15(19)4-3-14(13)9-23/h3-4,7-8,11-12,16,24H,5-6,9-10H2,1-2H3,(H,20,21,22)/t16-/m0/s1. The fourth-order valence-corrected chi connectivity index (χ4v) is 3.34. The first-order valence-corrected chi connectivity index (χ1v) is 9.08. The van der Waals surface area contributed by atoms with Crippen LogP contribution in [0.4, 0.5) is 11.6 Å². The summed E-state index contributed by atoms with van der Waals surface area (Å²) in [6.45, 7) is 6.04. The molecule has 1 aromatic heterocycles. The quantitative estimate of drug-likeness (QED) is 0.820. The second-order valence-corrected chi connectivity index (χ2v) is 7.44. The molecule has 128 valence electrons. The van der Waals surface area contributed by atoms with Crippen molar-refractivity contribution < 1.29 is 5.11 Å². The summed E-state index contributed by atoms with van der Waals surface area (Å²) < 4.78 is 1.13. The normalized spacial score (nSPS) is 15.3. The highest BCUT2D eigenvalue weighted by molar-refractivity contribution is 9.10. The first-order chi connectivity index (χ1) is 11.6. The zero-order chi connectivity index (χ0) is 17.1. The third-order valence-corrected chi connectivity index (χ3v) is 4.99. The number of nitrogens with one attached hydrogen (secondary N) is 1. The Morgan fingerprint density at radius 1 is 1.25 bits per heavy atom. The molecule has 1 aliphatic heterocycles. The second-order valence-electron chi connectivity index (χ2n) is 6.52. The van der Waals surface area contributed by atoms with Crippen LogP contribution in [0.15, 0.2) is 35.1 Å². The number of nitrogens with zero attached hydrogens (tertiary/aromatic N) is 3. The summed E-state index contributed by atoms with van der Waals surface area (Å²) in [4.78, 5) is 11.0. The van der Waals surface area contributed by atoms with E-state index in [1.54, 1.807) is 6.33 Å². The van der Waals surface area contributed by atoms with Crippen LogP contribution < -0.4 is 10.2 Å². The average molecular weight is 391 g/mol. The van der Waals surface area contributed by atoms with Crippen molar-refractivity contribution in [1.29, 1.82) is 0 Å². The lowest BCUT2D eigenvalue weighted by Gasteiger charge is -2.30. The van der Waals surface area contributed by atoms with Gasteiger partial charge in [-0.2, -0.15) is 0 Å². The molecule has 0 fully saturated rings. The lowest BCUT2D eigenvalue weighted by molar-refractivity contribution is 0.249. The van der Waals surface area contributed by atoms with Crippen molar-refractivity contribution in [1.82, 2.24) is 9.97 Å². The van der Waals surface area contributed by atoms with Crippen molar-refractivity contribution in [3.63, 3.8) is 0 Å². The minimum absolute atomic E-state index is 0.00724. The summed E-state index contributed by atoms with van der Waals surface area (Å²) in [5.74, 6) is 2.00. The van der Waals surface area contributed by atoms with Gasteiger partial charge in [0, 0.05) is 23.6 Å². The van der Waals surface area contributed by atoms with Crippen molar-refractivity contribution >= 4 is 27.6 Å². The molecular formula is C18H23BrN4O. The van der Waals surface area contributed by atoms with Gasteiger partial charge in [-0.1, -0.05) is 35.8 Å². The smallest absolute Gasteiger partial charge is 0.134 e. The molecule has 0 saturated heterocycles. The van der Waals surface area contributed by atoms with Gasteiger partial charge in [0.25, 0.3) is 0 Å². The van der Waals surface area contributed by atoms with E-state index < -0.39 is 0 Å². The minimum Gasteiger partial charge on any atom is -0.394 e. The average Bonchev–Trinajstić information content (AvgIpc) is 2.59.